The third-order valence-corrected chi connectivity index (χ3v) is 10.3. The van der Waals surface area contributed by atoms with E-state index >= 15 is 0 Å². The van der Waals surface area contributed by atoms with E-state index in [2.05, 4.69) is 26.3 Å². The van der Waals surface area contributed by atoms with Crippen LogP contribution in [-0.2, 0) is 30.3 Å². The van der Waals surface area contributed by atoms with E-state index in [0.29, 0.717) is 23.7 Å². The van der Waals surface area contributed by atoms with Crippen molar-refractivity contribution in [3.8, 4) is 23.0 Å². The maximum Gasteiger partial charge on any atom is 0.338 e. The van der Waals surface area contributed by atoms with E-state index in [1.807, 2.05) is 18.2 Å². The number of hydroxylamine groups is 1. The first-order valence-electron chi connectivity index (χ1n) is 16.6. The molecule has 13 heteroatoms. The van der Waals surface area contributed by atoms with Crippen molar-refractivity contribution in [1.82, 2.24) is 15.4 Å². The van der Waals surface area contributed by atoms with Gasteiger partial charge < -0.3 is 43.0 Å². The average Bonchev–Trinajstić information content (AvgIpc) is 3.54. The second kappa shape index (κ2) is 15.3. The topological polar surface area (TPSA) is 139 Å². The number of H-pyrrole nitrogens is 1. The Kier molecular flexibility index (Phi) is 10.7. The molecule has 268 valence electrons. The summed E-state index contributed by atoms with van der Waals surface area (Å²) in [6.45, 7) is 1.68. The molecule has 4 aliphatic rings. The normalized spacial score (nSPS) is 24.9. The number of esters is 2. The highest BCUT2D eigenvalue weighted by atomic mass is 16.6. The molecule has 13 nitrogen and oxygen atoms in total. The van der Waals surface area contributed by atoms with Gasteiger partial charge in [0.05, 0.1) is 53.1 Å². The van der Waals surface area contributed by atoms with E-state index < -0.39 is 24.1 Å². The minimum absolute atomic E-state index is 0.0170. The fourth-order valence-corrected chi connectivity index (χ4v) is 8.02. The van der Waals surface area contributed by atoms with Crippen LogP contribution in [0, 0.1) is 17.8 Å². The van der Waals surface area contributed by atoms with Crippen LogP contribution in [-0.4, -0.2) is 89.8 Å². The van der Waals surface area contributed by atoms with Crippen molar-refractivity contribution in [2.45, 2.75) is 37.5 Å². The highest BCUT2D eigenvalue weighted by molar-refractivity contribution is 5.91. The van der Waals surface area contributed by atoms with Gasteiger partial charge in [0.15, 0.2) is 11.5 Å². The van der Waals surface area contributed by atoms with E-state index in [-0.39, 0.29) is 29.4 Å². The number of benzene rings is 2. The van der Waals surface area contributed by atoms with Crippen LogP contribution < -0.4 is 24.4 Å². The standard InChI is InChI=1S/C33H40N2O9.C4H5NO/c1-38-19-7-8-20-21-9-10-35-16-18-13-27(44-32(36)17-11-25(39-2)30(41-4)26(12-17)40-3)31(42-5)28(33(37)43-6)22(18)15-24(35)29(21)34-23(20)14-19;1-2-4-6-5-3-1/h7-8,11-12,14,18,22,24,27-28,31,34H,9-10,13,15-16H2,1-6H3;1-5H/t18-,22+,24-,27-,28+,31+;/m1./s1. The van der Waals surface area contributed by atoms with Gasteiger partial charge >= 0.3 is 11.9 Å². The molecule has 7 rings (SSSR count). The quantitative estimate of drug-likeness (QED) is 0.316. The number of nitrogens with zero attached hydrogens (tertiary/aromatic N) is 1. The lowest BCUT2D eigenvalue weighted by Gasteiger charge is -2.52. The number of methoxy groups -OCH3 is 6. The zero-order valence-electron chi connectivity index (χ0n) is 29.2. The zero-order chi connectivity index (χ0) is 35.4. The van der Waals surface area contributed by atoms with E-state index in [0.717, 1.165) is 37.2 Å². The van der Waals surface area contributed by atoms with E-state index in [4.69, 9.17) is 33.2 Å². The van der Waals surface area contributed by atoms with Crippen LogP contribution in [0.2, 0.25) is 0 Å². The van der Waals surface area contributed by atoms with Crippen LogP contribution in [0.3, 0.4) is 0 Å². The third-order valence-electron chi connectivity index (χ3n) is 10.3. The Morgan fingerprint density at radius 2 is 1.70 bits per heavy atom. The molecule has 3 aromatic rings. The molecule has 2 fully saturated rings. The first-order valence-corrected chi connectivity index (χ1v) is 16.6. The van der Waals surface area contributed by atoms with Crippen LogP contribution in [0.25, 0.3) is 10.9 Å². The number of fused-ring (bicyclic) bond motifs is 6. The SMILES string of the molecule is C1=CNOC=C1.COC(=O)[C@H]1[C@H]2C[C@@H]3c4[nH]c5cc(OC)ccc5c4CCN3C[C@H]2C[C@@H](OC(=O)c2cc(OC)c(OC)c(OC)c2)[C@@H]1OC. The van der Waals surface area contributed by atoms with Crippen molar-refractivity contribution in [2.75, 3.05) is 55.7 Å². The second-order valence-corrected chi connectivity index (χ2v) is 12.6. The molecule has 2 aromatic carbocycles. The number of hydrogen-bond donors (Lipinski definition) is 2. The first-order chi connectivity index (χ1) is 24.3. The molecule has 2 N–H and O–H groups in total. The molecule has 0 bridgehead atoms. The fourth-order valence-electron chi connectivity index (χ4n) is 8.02. The summed E-state index contributed by atoms with van der Waals surface area (Å²) >= 11 is 0. The van der Waals surface area contributed by atoms with Crippen molar-refractivity contribution in [3.63, 3.8) is 0 Å². The Hall–Kier alpha value is -4.88. The van der Waals surface area contributed by atoms with E-state index in [9.17, 15) is 9.59 Å². The monoisotopic (exact) mass is 691 g/mol. The van der Waals surface area contributed by atoms with Gasteiger partial charge in [-0.3, -0.25) is 9.69 Å². The molecule has 0 radical (unpaired) electrons. The largest absolute Gasteiger partial charge is 0.497 e. The van der Waals surface area contributed by atoms with Crippen LogP contribution in [0.1, 0.15) is 40.5 Å². The molecular formula is C37H45N3O10. The molecule has 3 aliphatic heterocycles. The Bertz CT molecular complexity index is 1720. The number of aromatic amines is 1. The van der Waals surface area contributed by atoms with E-state index in [1.165, 1.54) is 45.1 Å². The summed E-state index contributed by atoms with van der Waals surface area (Å²) in [5, 5.41) is 1.21. The highest BCUT2D eigenvalue weighted by Crippen LogP contribution is 2.51. The lowest BCUT2D eigenvalue weighted by atomic mass is 9.63. The van der Waals surface area contributed by atoms with Gasteiger partial charge in [-0.25, -0.2) is 10.3 Å². The van der Waals surface area contributed by atoms with E-state index in [1.54, 1.807) is 44.9 Å². The minimum atomic E-state index is -0.670. The Morgan fingerprint density at radius 3 is 2.28 bits per heavy atom. The maximum absolute atomic E-state index is 13.5. The summed E-state index contributed by atoms with van der Waals surface area (Å²) in [4.78, 5) is 37.7. The Balaban J connectivity index is 0.000000652. The molecule has 0 spiro atoms. The molecule has 4 heterocycles. The lowest BCUT2D eigenvalue weighted by Crippen LogP contribution is -2.58. The summed E-state index contributed by atoms with van der Waals surface area (Å²) in [5.41, 5.74) is 6.34. The van der Waals surface area contributed by atoms with Crippen molar-refractivity contribution in [3.05, 3.63) is 71.8 Å². The number of nitrogens with one attached hydrogen (secondary N) is 2. The van der Waals surface area contributed by atoms with Gasteiger partial charge in [0, 0.05) is 49.1 Å². The van der Waals surface area contributed by atoms with Gasteiger partial charge in [-0.1, -0.05) is 0 Å². The third kappa shape index (κ3) is 6.67. The zero-order valence-corrected chi connectivity index (χ0v) is 29.2. The molecule has 6 atom stereocenters. The number of carbonyl (C=O) groups is 2. The van der Waals surface area contributed by atoms with Crippen molar-refractivity contribution < 1.29 is 47.6 Å². The summed E-state index contributed by atoms with van der Waals surface area (Å²) in [7, 11) is 9.10. The van der Waals surface area contributed by atoms with Crippen molar-refractivity contribution >= 4 is 22.8 Å². The fraction of sp³-hybridized carbons (Fsp3) is 0.459. The Labute approximate surface area is 291 Å². The number of allylic oxidation sites excluding steroid dienone is 2. The van der Waals surface area contributed by atoms with Gasteiger partial charge in [0.1, 0.15) is 24.2 Å². The molecule has 1 aromatic heterocycles. The summed E-state index contributed by atoms with van der Waals surface area (Å²) in [6, 6.07) is 9.40. The van der Waals surface area contributed by atoms with Crippen LogP contribution in [0.15, 0.2) is 54.9 Å². The van der Waals surface area contributed by atoms with Gasteiger partial charge in [-0.05, 0) is 73.1 Å². The highest BCUT2D eigenvalue weighted by Gasteiger charge is 2.54. The van der Waals surface area contributed by atoms with Crippen molar-refractivity contribution in [2.24, 2.45) is 17.8 Å². The first kappa shape index (κ1) is 35.0. The van der Waals surface area contributed by atoms with Gasteiger partial charge in [0.2, 0.25) is 5.75 Å². The molecule has 1 saturated carbocycles. The number of aromatic nitrogens is 1. The van der Waals surface area contributed by atoms with Gasteiger partial charge in [-0.15, -0.1) is 0 Å². The summed E-state index contributed by atoms with van der Waals surface area (Å²) in [5.74, 6) is 0.441. The van der Waals surface area contributed by atoms with Crippen LogP contribution in [0.5, 0.6) is 23.0 Å². The van der Waals surface area contributed by atoms with Crippen molar-refractivity contribution in [1.29, 1.82) is 0 Å². The molecule has 50 heavy (non-hydrogen) atoms. The molecular weight excluding hydrogens is 646 g/mol. The number of piperidine rings is 1. The molecule has 0 amide bonds. The number of carbonyl (C=O) groups excluding carboxylic acids is 2. The number of rotatable bonds is 8. The lowest BCUT2D eigenvalue weighted by molar-refractivity contribution is -0.176. The molecule has 0 unspecified atom stereocenters. The van der Waals surface area contributed by atoms with Gasteiger partial charge in [0.25, 0.3) is 0 Å². The molecule has 1 aliphatic carbocycles. The number of ether oxygens (including phenoxy) is 7. The summed E-state index contributed by atoms with van der Waals surface area (Å²) < 4.78 is 39.1. The maximum atomic E-state index is 13.5. The van der Waals surface area contributed by atoms with Crippen LogP contribution in [0.4, 0.5) is 0 Å². The van der Waals surface area contributed by atoms with Gasteiger partial charge in [-0.2, -0.15) is 0 Å². The predicted molar refractivity (Wildman–Crippen MR) is 183 cm³/mol. The summed E-state index contributed by atoms with van der Waals surface area (Å²) in [6.07, 6.45) is 7.85. The smallest absolute Gasteiger partial charge is 0.338 e. The predicted octanol–water partition coefficient (Wildman–Crippen LogP) is 4.72. The van der Waals surface area contributed by atoms with Crippen LogP contribution >= 0.6 is 0 Å². The average molecular weight is 692 g/mol. The minimum Gasteiger partial charge on any atom is -0.497 e. The molecule has 1 saturated heterocycles. The second-order valence-electron chi connectivity index (χ2n) is 12.6. The number of hydrogen-bond acceptors (Lipinski definition) is 12. The Morgan fingerprint density at radius 1 is 0.920 bits per heavy atom.